The lowest BCUT2D eigenvalue weighted by atomic mass is 10.0. The maximum absolute atomic E-state index is 10.6. The number of hydrogen-bond donors (Lipinski definition) is 1. The van der Waals surface area contributed by atoms with Crippen LogP contribution in [0.3, 0.4) is 0 Å². The summed E-state index contributed by atoms with van der Waals surface area (Å²) in [5.41, 5.74) is 2.24. The fourth-order valence-corrected chi connectivity index (χ4v) is 2.48. The van der Waals surface area contributed by atoms with Gasteiger partial charge in [0, 0.05) is 6.54 Å². The van der Waals surface area contributed by atoms with Crippen LogP contribution in [0.2, 0.25) is 0 Å². The van der Waals surface area contributed by atoms with Gasteiger partial charge in [0.25, 0.3) is 0 Å². The van der Waals surface area contributed by atoms with Gasteiger partial charge in [-0.25, -0.2) is 0 Å². The predicted molar refractivity (Wildman–Crippen MR) is 91.5 cm³/mol. The van der Waals surface area contributed by atoms with Gasteiger partial charge in [-0.3, -0.25) is 0 Å². The Kier molecular flexibility index (Phi) is 7.98. The van der Waals surface area contributed by atoms with E-state index in [9.17, 15) is 5.11 Å². The third kappa shape index (κ3) is 7.10. The first-order chi connectivity index (χ1) is 9.90. The molecule has 1 unspecified atom stereocenters. The topological polar surface area (TPSA) is 23.5 Å². The Labute approximate surface area is 131 Å². The molecule has 0 fully saturated rings. The van der Waals surface area contributed by atoms with Crippen molar-refractivity contribution in [2.45, 2.75) is 53.6 Å². The van der Waals surface area contributed by atoms with Crippen LogP contribution >= 0.6 is 0 Å². The monoisotopic (exact) mass is 291 g/mol. The first kappa shape index (κ1) is 18.2. The van der Waals surface area contributed by atoms with Crippen LogP contribution in [0.25, 0.3) is 0 Å². The summed E-state index contributed by atoms with van der Waals surface area (Å²) in [5, 5.41) is 10.6. The van der Waals surface area contributed by atoms with E-state index in [-0.39, 0.29) is 6.10 Å². The van der Waals surface area contributed by atoms with E-state index in [4.69, 9.17) is 0 Å². The van der Waals surface area contributed by atoms with Gasteiger partial charge in [-0.15, -0.1) is 0 Å². The molecule has 0 saturated heterocycles. The SMILES string of the molecule is Cc1ccccc1C(O)CN(CCC(C)C)CCC(C)C. The number of aliphatic hydroxyl groups is 1. The second kappa shape index (κ2) is 9.22. The Hall–Kier alpha value is -0.860. The highest BCUT2D eigenvalue weighted by atomic mass is 16.3. The normalized spacial score (nSPS) is 13.4. The second-order valence-corrected chi connectivity index (χ2v) is 7.04. The van der Waals surface area contributed by atoms with E-state index >= 15 is 0 Å². The minimum Gasteiger partial charge on any atom is -0.387 e. The van der Waals surface area contributed by atoms with Gasteiger partial charge in [0.1, 0.15) is 0 Å². The molecule has 0 spiro atoms. The first-order valence-corrected chi connectivity index (χ1v) is 8.36. The molecule has 0 aliphatic heterocycles. The average Bonchev–Trinajstić information content (AvgIpc) is 2.41. The zero-order chi connectivity index (χ0) is 15.8. The van der Waals surface area contributed by atoms with Crippen molar-refractivity contribution >= 4 is 0 Å². The van der Waals surface area contributed by atoms with Crippen LogP contribution in [-0.4, -0.2) is 29.6 Å². The zero-order valence-corrected chi connectivity index (χ0v) is 14.5. The quantitative estimate of drug-likeness (QED) is 0.728. The molecule has 0 radical (unpaired) electrons. The summed E-state index contributed by atoms with van der Waals surface area (Å²) in [6, 6.07) is 8.16. The molecule has 1 atom stereocenters. The van der Waals surface area contributed by atoms with Gasteiger partial charge in [0.2, 0.25) is 0 Å². The lowest BCUT2D eigenvalue weighted by Crippen LogP contribution is -2.32. The molecule has 1 aromatic carbocycles. The number of rotatable bonds is 9. The summed E-state index contributed by atoms with van der Waals surface area (Å²) < 4.78 is 0. The number of aliphatic hydroxyl groups excluding tert-OH is 1. The second-order valence-electron chi connectivity index (χ2n) is 7.04. The van der Waals surface area contributed by atoms with Crippen molar-refractivity contribution in [3.05, 3.63) is 35.4 Å². The average molecular weight is 291 g/mol. The summed E-state index contributed by atoms with van der Waals surface area (Å²) in [7, 11) is 0. The lowest BCUT2D eigenvalue weighted by molar-refractivity contribution is 0.106. The Bertz CT molecular complexity index is 388. The smallest absolute Gasteiger partial charge is 0.0919 e. The summed E-state index contributed by atoms with van der Waals surface area (Å²) in [6.07, 6.45) is 2.00. The number of benzene rings is 1. The molecule has 0 amide bonds. The highest BCUT2D eigenvalue weighted by molar-refractivity contribution is 5.27. The predicted octanol–water partition coefficient (Wildman–Crippen LogP) is 4.42. The molecule has 2 heteroatoms. The fourth-order valence-electron chi connectivity index (χ4n) is 2.48. The van der Waals surface area contributed by atoms with Crippen LogP contribution in [0.5, 0.6) is 0 Å². The Morgan fingerprint density at radius 2 is 1.48 bits per heavy atom. The fraction of sp³-hybridized carbons (Fsp3) is 0.684. The van der Waals surface area contributed by atoms with Crippen molar-refractivity contribution in [3.63, 3.8) is 0 Å². The maximum Gasteiger partial charge on any atom is 0.0919 e. The molecule has 0 aromatic heterocycles. The highest BCUT2D eigenvalue weighted by Crippen LogP contribution is 2.19. The van der Waals surface area contributed by atoms with Crippen molar-refractivity contribution < 1.29 is 5.11 Å². The van der Waals surface area contributed by atoms with Gasteiger partial charge in [-0.2, -0.15) is 0 Å². The molecule has 1 rings (SSSR count). The molecule has 1 N–H and O–H groups in total. The highest BCUT2D eigenvalue weighted by Gasteiger charge is 2.15. The number of hydrogen-bond acceptors (Lipinski definition) is 2. The third-order valence-corrected chi connectivity index (χ3v) is 4.02. The number of aryl methyl sites for hydroxylation is 1. The Morgan fingerprint density at radius 1 is 0.952 bits per heavy atom. The van der Waals surface area contributed by atoms with Gasteiger partial charge in [-0.05, 0) is 55.8 Å². The van der Waals surface area contributed by atoms with Gasteiger partial charge in [0.15, 0.2) is 0 Å². The van der Waals surface area contributed by atoms with Crippen LogP contribution in [0.4, 0.5) is 0 Å². The van der Waals surface area contributed by atoms with Gasteiger partial charge >= 0.3 is 0 Å². The standard InChI is InChI=1S/C19H33NO/c1-15(2)10-12-20(13-11-16(3)4)14-19(21)18-9-7-6-8-17(18)5/h6-9,15-16,19,21H,10-14H2,1-5H3. The molecular weight excluding hydrogens is 258 g/mol. The van der Waals surface area contributed by atoms with Gasteiger partial charge < -0.3 is 10.0 Å². The zero-order valence-electron chi connectivity index (χ0n) is 14.5. The minimum absolute atomic E-state index is 0.384. The van der Waals surface area contributed by atoms with Crippen molar-refractivity contribution in [1.82, 2.24) is 4.90 Å². The lowest BCUT2D eigenvalue weighted by Gasteiger charge is -2.27. The minimum atomic E-state index is -0.384. The maximum atomic E-state index is 10.6. The van der Waals surface area contributed by atoms with Crippen LogP contribution in [0.1, 0.15) is 57.8 Å². The van der Waals surface area contributed by atoms with E-state index in [1.54, 1.807) is 0 Å². The molecular formula is C19H33NO. The van der Waals surface area contributed by atoms with E-state index in [1.165, 1.54) is 18.4 Å². The van der Waals surface area contributed by atoms with Crippen LogP contribution in [-0.2, 0) is 0 Å². The summed E-state index contributed by atoms with van der Waals surface area (Å²) in [4.78, 5) is 2.43. The summed E-state index contributed by atoms with van der Waals surface area (Å²) in [5.74, 6) is 1.42. The molecule has 1 aromatic rings. The van der Waals surface area contributed by atoms with Gasteiger partial charge in [-0.1, -0.05) is 52.0 Å². The van der Waals surface area contributed by atoms with Crippen LogP contribution in [0.15, 0.2) is 24.3 Å². The molecule has 0 aliphatic rings. The summed E-state index contributed by atoms with van der Waals surface area (Å²) in [6.45, 7) is 14.0. The third-order valence-electron chi connectivity index (χ3n) is 4.02. The van der Waals surface area contributed by atoms with E-state index in [1.807, 2.05) is 18.2 Å². The van der Waals surface area contributed by atoms with Crippen molar-refractivity contribution in [1.29, 1.82) is 0 Å². The Balaban J connectivity index is 2.63. The van der Waals surface area contributed by atoms with E-state index in [0.717, 1.165) is 25.2 Å². The molecule has 0 aliphatic carbocycles. The molecule has 120 valence electrons. The molecule has 21 heavy (non-hydrogen) atoms. The molecule has 0 bridgehead atoms. The van der Waals surface area contributed by atoms with E-state index in [2.05, 4.69) is 45.6 Å². The van der Waals surface area contributed by atoms with Crippen LogP contribution in [0, 0.1) is 18.8 Å². The van der Waals surface area contributed by atoms with Crippen LogP contribution < -0.4 is 0 Å². The number of nitrogens with zero attached hydrogens (tertiary/aromatic N) is 1. The van der Waals surface area contributed by atoms with E-state index in [0.29, 0.717) is 11.8 Å². The first-order valence-electron chi connectivity index (χ1n) is 8.36. The van der Waals surface area contributed by atoms with Crippen molar-refractivity contribution in [3.8, 4) is 0 Å². The molecule has 2 nitrogen and oxygen atoms in total. The van der Waals surface area contributed by atoms with Gasteiger partial charge in [0.05, 0.1) is 6.10 Å². The molecule has 0 heterocycles. The Morgan fingerprint density at radius 3 is 1.95 bits per heavy atom. The van der Waals surface area contributed by atoms with E-state index < -0.39 is 0 Å². The van der Waals surface area contributed by atoms with Crippen molar-refractivity contribution in [2.24, 2.45) is 11.8 Å². The largest absolute Gasteiger partial charge is 0.387 e. The van der Waals surface area contributed by atoms with Crippen molar-refractivity contribution in [2.75, 3.05) is 19.6 Å². The summed E-state index contributed by atoms with van der Waals surface area (Å²) >= 11 is 0. The molecule has 0 saturated carbocycles.